The van der Waals surface area contributed by atoms with E-state index in [1.54, 1.807) is 28.8 Å². The average molecular weight is 492 g/mol. The fourth-order valence-electron chi connectivity index (χ4n) is 4.30. The number of carbonyl (C=O) groups is 1. The van der Waals surface area contributed by atoms with Crippen molar-refractivity contribution in [3.8, 4) is 11.3 Å². The molecule has 1 aliphatic rings. The molecule has 0 radical (unpaired) electrons. The number of amides is 1. The second kappa shape index (κ2) is 8.96. The van der Waals surface area contributed by atoms with Gasteiger partial charge in [0.05, 0.1) is 11.4 Å². The minimum Gasteiger partial charge on any atom is -0.368 e. The van der Waals surface area contributed by atoms with Crippen LogP contribution in [0.1, 0.15) is 37.0 Å². The summed E-state index contributed by atoms with van der Waals surface area (Å²) in [6.07, 6.45) is 0. The molecule has 0 atom stereocenters. The van der Waals surface area contributed by atoms with Gasteiger partial charge in [0.1, 0.15) is 11.5 Å². The normalized spacial score (nSPS) is 14.5. The maximum Gasteiger partial charge on any atom is 0.272 e. The van der Waals surface area contributed by atoms with Crippen LogP contribution < -0.4 is 4.90 Å². The van der Waals surface area contributed by atoms with Gasteiger partial charge in [-0.1, -0.05) is 50.6 Å². The maximum atomic E-state index is 14.6. The molecule has 4 aromatic rings. The first-order valence-corrected chi connectivity index (χ1v) is 12.0. The van der Waals surface area contributed by atoms with Gasteiger partial charge in [0, 0.05) is 53.9 Å². The zero-order chi connectivity index (χ0) is 24.7. The van der Waals surface area contributed by atoms with Gasteiger partial charge in [0.25, 0.3) is 5.91 Å². The van der Waals surface area contributed by atoms with E-state index >= 15 is 0 Å². The van der Waals surface area contributed by atoms with Crippen molar-refractivity contribution < 1.29 is 9.18 Å². The Labute approximate surface area is 209 Å². The molecule has 1 amide bonds. The lowest BCUT2D eigenvalue weighted by Crippen LogP contribution is -2.49. The molecule has 180 valence electrons. The number of hydrogen-bond acceptors (Lipinski definition) is 4. The molecular formula is C27H27ClFN5O. The standard InChI is InChI=1S/C27H27ClFN5O/c1-27(2,3)24-17-25-30-22(20-9-4-5-10-21(20)29)16-23(34(25)31-24)26(35)33-13-11-32(12-14-33)19-8-6-7-18(28)15-19/h4-10,15-17H,11-14H2,1-3H3. The number of carbonyl (C=O) groups excluding carboxylic acids is 1. The summed E-state index contributed by atoms with van der Waals surface area (Å²) in [5, 5.41) is 5.41. The Morgan fingerprint density at radius 3 is 2.40 bits per heavy atom. The Morgan fingerprint density at radius 1 is 0.971 bits per heavy atom. The van der Waals surface area contributed by atoms with Crippen molar-refractivity contribution in [3.63, 3.8) is 0 Å². The summed E-state index contributed by atoms with van der Waals surface area (Å²) in [6.45, 7) is 8.66. The van der Waals surface area contributed by atoms with Gasteiger partial charge in [-0.15, -0.1) is 0 Å². The third kappa shape index (κ3) is 4.60. The van der Waals surface area contributed by atoms with Gasteiger partial charge >= 0.3 is 0 Å². The zero-order valence-electron chi connectivity index (χ0n) is 20.0. The third-order valence-electron chi connectivity index (χ3n) is 6.30. The van der Waals surface area contributed by atoms with E-state index in [1.165, 1.54) is 6.07 Å². The van der Waals surface area contributed by atoms with E-state index < -0.39 is 0 Å². The minimum atomic E-state index is -0.381. The third-order valence-corrected chi connectivity index (χ3v) is 6.54. The van der Waals surface area contributed by atoms with Crippen LogP contribution in [0.4, 0.5) is 10.1 Å². The highest BCUT2D eigenvalue weighted by Crippen LogP contribution is 2.27. The molecule has 0 aliphatic carbocycles. The molecule has 0 N–H and O–H groups in total. The number of rotatable bonds is 3. The van der Waals surface area contributed by atoms with Crippen molar-refractivity contribution in [2.24, 2.45) is 0 Å². The number of halogens is 2. The Morgan fingerprint density at radius 2 is 1.71 bits per heavy atom. The van der Waals surface area contributed by atoms with Crippen LogP contribution in [0.5, 0.6) is 0 Å². The number of benzene rings is 2. The molecule has 8 heteroatoms. The molecule has 0 unspecified atom stereocenters. The number of piperazine rings is 1. The highest BCUT2D eigenvalue weighted by atomic mass is 35.5. The summed E-state index contributed by atoms with van der Waals surface area (Å²) in [6, 6.07) is 17.7. The first-order chi connectivity index (χ1) is 16.7. The van der Waals surface area contributed by atoms with Crippen LogP contribution in [0.15, 0.2) is 60.7 Å². The summed E-state index contributed by atoms with van der Waals surface area (Å²) < 4.78 is 16.2. The van der Waals surface area contributed by atoms with Crippen molar-refractivity contribution in [3.05, 3.63) is 82.9 Å². The smallest absolute Gasteiger partial charge is 0.272 e. The first-order valence-electron chi connectivity index (χ1n) is 11.7. The van der Waals surface area contributed by atoms with Gasteiger partial charge in [-0.25, -0.2) is 13.9 Å². The molecule has 1 aliphatic heterocycles. The molecule has 6 nitrogen and oxygen atoms in total. The summed E-state index contributed by atoms with van der Waals surface area (Å²) in [4.78, 5) is 22.4. The first kappa shape index (κ1) is 23.3. The molecule has 1 saturated heterocycles. The van der Waals surface area contributed by atoms with Crippen LogP contribution >= 0.6 is 11.6 Å². The second-order valence-electron chi connectivity index (χ2n) is 9.82. The van der Waals surface area contributed by atoms with Crippen LogP contribution in [0.3, 0.4) is 0 Å². The van der Waals surface area contributed by atoms with Crippen LogP contribution in [-0.4, -0.2) is 51.6 Å². The molecule has 0 spiro atoms. The fourth-order valence-corrected chi connectivity index (χ4v) is 4.49. The Hall–Kier alpha value is -3.45. The van der Waals surface area contributed by atoms with E-state index in [0.29, 0.717) is 53.8 Å². The van der Waals surface area contributed by atoms with Gasteiger partial charge < -0.3 is 9.80 Å². The summed E-state index contributed by atoms with van der Waals surface area (Å²) in [5.41, 5.74) is 3.30. The van der Waals surface area contributed by atoms with Crippen molar-refractivity contribution in [1.82, 2.24) is 19.5 Å². The van der Waals surface area contributed by atoms with Crippen molar-refractivity contribution in [2.45, 2.75) is 26.2 Å². The lowest BCUT2D eigenvalue weighted by molar-refractivity contribution is 0.0737. The van der Waals surface area contributed by atoms with Crippen molar-refractivity contribution in [1.29, 1.82) is 0 Å². The Balaban J connectivity index is 1.50. The molecule has 1 fully saturated rings. The number of fused-ring (bicyclic) bond motifs is 1. The number of hydrogen-bond donors (Lipinski definition) is 0. The number of anilines is 1. The van der Waals surface area contributed by atoms with Gasteiger partial charge in [0.2, 0.25) is 0 Å². The zero-order valence-corrected chi connectivity index (χ0v) is 20.8. The minimum absolute atomic E-state index is 0.149. The Bertz CT molecular complexity index is 1400. The lowest BCUT2D eigenvalue weighted by Gasteiger charge is -2.36. The Kier molecular flexibility index (Phi) is 5.97. The van der Waals surface area contributed by atoms with Crippen LogP contribution in [0.2, 0.25) is 5.02 Å². The molecule has 35 heavy (non-hydrogen) atoms. The van der Waals surface area contributed by atoms with E-state index in [-0.39, 0.29) is 17.1 Å². The summed E-state index contributed by atoms with van der Waals surface area (Å²) in [7, 11) is 0. The van der Waals surface area contributed by atoms with Gasteiger partial charge in [-0.05, 0) is 36.4 Å². The van der Waals surface area contributed by atoms with Crippen LogP contribution in [0, 0.1) is 5.82 Å². The fraction of sp³-hybridized carbons (Fsp3) is 0.296. The molecule has 2 aromatic heterocycles. The van der Waals surface area contributed by atoms with Crippen LogP contribution in [-0.2, 0) is 5.41 Å². The second-order valence-corrected chi connectivity index (χ2v) is 10.3. The predicted octanol–water partition coefficient (Wildman–Crippen LogP) is 5.45. The SMILES string of the molecule is CC(C)(C)c1cc2nc(-c3ccccc3F)cc(C(=O)N3CCN(c4cccc(Cl)c4)CC3)n2n1. The molecule has 3 heterocycles. The molecule has 0 saturated carbocycles. The quantitative estimate of drug-likeness (QED) is 0.382. The van der Waals surface area contributed by atoms with E-state index in [9.17, 15) is 9.18 Å². The molecule has 2 aromatic carbocycles. The van der Waals surface area contributed by atoms with Crippen molar-refractivity contribution >= 4 is 28.8 Å². The highest BCUT2D eigenvalue weighted by molar-refractivity contribution is 6.30. The largest absolute Gasteiger partial charge is 0.368 e. The van der Waals surface area contributed by atoms with E-state index in [2.05, 4.69) is 30.7 Å². The summed E-state index contributed by atoms with van der Waals surface area (Å²) in [5.74, 6) is -0.530. The molecule has 0 bridgehead atoms. The predicted molar refractivity (Wildman–Crippen MR) is 137 cm³/mol. The van der Waals surface area contributed by atoms with Gasteiger partial charge in [-0.2, -0.15) is 5.10 Å². The lowest BCUT2D eigenvalue weighted by atomic mass is 9.93. The number of nitrogens with zero attached hydrogens (tertiary/aromatic N) is 5. The molecular weight excluding hydrogens is 465 g/mol. The van der Waals surface area contributed by atoms with E-state index in [0.717, 1.165) is 11.4 Å². The van der Waals surface area contributed by atoms with E-state index in [4.69, 9.17) is 16.7 Å². The summed E-state index contributed by atoms with van der Waals surface area (Å²) >= 11 is 6.16. The van der Waals surface area contributed by atoms with Gasteiger partial charge in [0.15, 0.2) is 5.65 Å². The van der Waals surface area contributed by atoms with Gasteiger partial charge in [-0.3, -0.25) is 4.79 Å². The topological polar surface area (TPSA) is 53.7 Å². The molecule has 5 rings (SSSR count). The van der Waals surface area contributed by atoms with Crippen molar-refractivity contribution in [2.75, 3.05) is 31.1 Å². The average Bonchev–Trinajstić information content (AvgIpc) is 3.28. The number of aromatic nitrogens is 3. The van der Waals surface area contributed by atoms with E-state index in [1.807, 2.05) is 35.2 Å². The maximum absolute atomic E-state index is 14.6. The monoisotopic (exact) mass is 491 g/mol. The van der Waals surface area contributed by atoms with Crippen LogP contribution in [0.25, 0.3) is 16.9 Å². The highest BCUT2D eigenvalue weighted by Gasteiger charge is 2.27.